The third-order valence-electron chi connectivity index (χ3n) is 3.39. The topological polar surface area (TPSA) is 55.6 Å². The second kappa shape index (κ2) is 5.80. The Bertz CT molecular complexity index is 477. The van der Waals surface area contributed by atoms with Crippen molar-refractivity contribution in [1.29, 1.82) is 0 Å². The average Bonchev–Trinajstić information content (AvgIpc) is 2.77. The minimum Gasteiger partial charge on any atom is -0.457 e. The lowest BCUT2D eigenvalue weighted by Crippen LogP contribution is -2.30. The largest absolute Gasteiger partial charge is 0.457 e. The van der Waals surface area contributed by atoms with Gasteiger partial charge in [-0.1, -0.05) is 11.6 Å². The lowest BCUT2D eigenvalue weighted by molar-refractivity contribution is 0.0315. The van der Waals surface area contributed by atoms with Gasteiger partial charge in [-0.2, -0.15) is 0 Å². The number of nitrogens with zero attached hydrogens (tertiary/aromatic N) is 1. The maximum absolute atomic E-state index is 12.0. The number of anilines is 1. The van der Waals surface area contributed by atoms with Gasteiger partial charge < -0.3 is 10.5 Å². The molecule has 5 heteroatoms. The van der Waals surface area contributed by atoms with Crippen LogP contribution in [-0.2, 0) is 4.74 Å². The summed E-state index contributed by atoms with van der Waals surface area (Å²) >= 11 is 6.00. The first-order chi connectivity index (χ1) is 8.97. The molecule has 1 atom stereocenters. The van der Waals surface area contributed by atoms with Gasteiger partial charge in [0.05, 0.1) is 10.6 Å². The van der Waals surface area contributed by atoms with Gasteiger partial charge in [-0.25, -0.2) is 4.79 Å². The molecular formula is C14H19ClN2O2. The number of carbonyl (C=O) groups is 1. The van der Waals surface area contributed by atoms with Crippen molar-refractivity contribution in [3.8, 4) is 0 Å². The van der Waals surface area contributed by atoms with Gasteiger partial charge in [0.1, 0.15) is 6.10 Å². The summed E-state index contributed by atoms with van der Waals surface area (Å²) in [7, 11) is 0. The van der Waals surface area contributed by atoms with Crippen LogP contribution in [0.4, 0.5) is 5.69 Å². The second-order valence-corrected chi connectivity index (χ2v) is 5.55. The molecule has 0 saturated carbocycles. The van der Waals surface area contributed by atoms with E-state index in [0.717, 1.165) is 19.5 Å². The Kier molecular flexibility index (Phi) is 4.32. The van der Waals surface area contributed by atoms with Crippen LogP contribution in [0, 0.1) is 0 Å². The molecule has 0 radical (unpaired) electrons. The minimum absolute atomic E-state index is 0.0523. The fourth-order valence-electron chi connectivity index (χ4n) is 2.23. The second-order valence-electron chi connectivity index (χ2n) is 5.14. The number of esters is 1. The highest BCUT2D eigenvalue weighted by Gasteiger charge is 2.27. The quantitative estimate of drug-likeness (QED) is 0.684. The summed E-state index contributed by atoms with van der Waals surface area (Å²) in [5.41, 5.74) is 6.51. The Labute approximate surface area is 118 Å². The number of ether oxygens (including phenoxy) is 1. The van der Waals surface area contributed by atoms with Crippen LogP contribution in [-0.4, -0.2) is 36.1 Å². The number of likely N-dealkylation sites (tertiary alicyclic amines) is 1. The monoisotopic (exact) mass is 282 g/mol. The third kappa shape index (κ3) is 3.39. The number of carbonyl (C=O) groups excluding carboxylic acids is 1. The third-order valence-corrected chi connectivity index (χ3v) is 3.71. The summed E-state index contributed by atoms with van der Waals surface area (Å²) in [6, 6.07) is 5.30. The summed E-state index contributed by atoms with van der Waals surface area (Å²) in [6.45, 7) is 6.03. The highest BCUT2D eigenvalue weighted by atomic mass is 35.5. The van der Waals surface area contributed by atoms with Gasteiger partial charge in [0.15, 0.2) is 0 Å². The van der Waals surface area contributed by atoms with Crippen LogP contribution in [0.25, 0.3) is 0 Å². The molecule has 0 spiro atoms. The van der Waals surface area contributed by atoms with E-state index in [1.54, 1.807) is 18.2 Å². The molecule has 1 unspecified atom stereocenters. The summed E-state index contributed by atoms with van der Waals surface area (Å²) in [5, 5.41) is 0.337. The summed E-state index contributed by atoms with van der Waals surface area (Å²) in [6.07, 6.45) is 0.819. The molecule has 0 aliphatic carbocycles. The van der Waals surface area contributed by atoms with E-state index in [9.17, 15) is 4.79 Å². The van der Waals surface area contributed by atoms with Gasteiger partial charge >= 0.3 is 5.97 Å². The zero-order valence-electron chi connectivity index (χ0n) is 11.2. The molecule has 0 amide bonds. The first-order valence-electron chi connectivity index (χ1n) is 6.47. The molecule has 1 fully saturated rings. The molecule has 1 aliphatic heterocycles. The van der Waals surface area contributed by atoms with Crippen molar-refractivity contribution in [2.45, 2.75) is 32.4 Å². The zero-order chi connectivity index (χ0) is 14.0. The van der Waals surface area contributed by atoms with E-state index in [-0.39, 0.29) is 12.1 Å². The van der Waals surface area contributed by atoms with E-state index in [0.29, 0.717) is 22.3 Å². The van der Waals surface area contributed by atoms with Crippen LogP contribution in [0.3, 0.4) is 0 Å². The van der Waals surface area contributed by atoms with Crippen molar-refractivity contribution in [2.24, 2.45) is 0 Å². The van der Waals surface area contributed by atoms with E-state index in [4.69, 9.17) is 22.1 Å². The Balaban J connectivity index is 1.98. The fraction of sp³-hybridized carbons (Fsp3) is 0.500. The van der Waals surface area contributed by atoms with Gasteiger partial charge in [-0.3, -0.25) is 4.90 Å². The highest BCUT2D eigenvalue weighted by molar-refractivity contribution is 6.33. The van der Waals surface area contributed by atoms with Crippen LogP contribution in [0.5, 0.6) is 0 Å². The van der Waals surface area contributed by atoms with Gasteiger partial charge in [-0.15, -0.1) is 0 Å². The van der Waals surface area contributed by atoms with Gasteiger partial charge in [0, 0.05) is 24.8 Å². The normalized spacial score (nSPS) is 19.9. The minimum atomic E-state index is -0.374. The number of hydrogen-bond acceptors (Lipinski definition) is 4. The van der Waals surface area contributed by atoms with Gasteiger partial charge in [-0.05, 0) is 38.5 Å². The Hall–Kier alpha value is -1.26. The molecule has 2 N–H and O–H groups in total. The van der Waals surface area contributed by atoms with Crippen LogP contribution in [0.1, 0.15) is 30.6 Å². The molecule has 2 rings (SSSR count). The lowest BCUT2D eigenvalue weighted by atomic mass is 10.2. The standard InChI is InChI=1S/C14H19ClN2O2/c1-9(2)17-6-5-11(8-17)19-14(18)12-4-3-10(16)7-13(12)15/h3-4,7,9,11H,5-6,8,16H2,1-2H3. The molecule has 1 aromatic rings. The summed E-state index contributed by atoms with van der Waals surface area (Å²) < 4.78 is 5.49. The van der Waals surface area contributed by atoms with Crippen molar-refractivity contribution in [3.05, 3.63) is 28.8 Å². The van der Waals surface area contributed by atoms with Gasteiger partial charge in [0.2, 0.25) is 0 Å². The maximum Gasteiger partial charge on any atom is 0.339 e. The molecule has 19 heavy (non-hydrogen) atoms. The molecule has 1 aromatic carbocycles. The van der Waals surface area contributed by atoms with E-state index in [2.05, 4.69) is 18.7 Å². The van der Waals surface area contributed by atoms with E-state index < -0.39 is 0 Å². The van der Waals surface area contributed by atoms with E-state index in [1.807, 2.05) is 0 Å². The number of nitrogen functional groups attached to an aromatic ring is 1. The first kappa shape index (κ1) is 14.2. The maximum atomic E-state index is 12.0. The van der Waals surface area contributed by atoms with Crippen molar-refractivity contribution in [2.75, 3.05) is 18.8 Å². The van der Waals surface area contributed by atoms with Crippen molar-refractivity contribution in [3.63, 3.8) is 0 Å². The van der Waals surface area contributed by atoms with Gasteiger partial charge in [0.25, 0.3) is 0 Å². The molecule has 1 heterocycles. The number of nitrogens with two attached hydrogens (primary N) is 1. The van der Waals surface area contributed by atoms with Crippen LogP contribution in [0.15, 0.2) is 18.2 Å². The molecule has 0 bridgehead atoms. The highest BCUT2D eigenvalue weighted by Crippen LogP contribution is 2.22. The van der Waals surface area contributed by atoms with Crippen molar-refractivity contribution < 1.29 is 9.53 Å². The zero-order valence-corrected chi connectivity index (χ0v) is 12.0. The molecule has 104 valence electrons. The number of rotatable bonds is 3. The van der Waals surface area contributed by atoms with Crippen molar-refractivity contribution in [1.82, 2.24) is 4.90 Å². The first-order valence-corrected chi connectivity index (χ1v) is 6.85. The molecular weight excluding hydrogens is 264 g/mol. The molecule has 0 aromatic heterocycles. The Morgan fingerprint density at radius 1 is 1.53 bits per heavy atom. The smallest absolute Gasteiger partial charge is 0.339 e. The van der Waals surface area contributed by atoms with Crippen LogP contribution >= 0.6 is 11.6 Å². The molecule has 1 saturated heterocycles. The SMILES string of the molecule is CC(C)N1CCC(OC(=O)c2ccc(N)cc2Cl)C1. The predicted octanol–water partition coefficient (Wildman–Crippen LogP) is 2.56. The molecule has 1 aliphatic rings. The summed E-state index contributed by atoms with van der Waals surface area (Å²) in [5.74, 6) is -0.374. The molecule has 4 nitrogen and oxygen atoms in total. The average molecular weight is 283 g/mol. The van der Waals surface area contributed by atoms with E-state index >= 15 is 0 Å². The summed E-state index contributed by atoms with van der Waals surface area (Å²) in [4.78, 5) is 14.3. The fourth-order valence-corrected chi connectivity index (χ4v) is 2.50. The Morgan fingerprint density at radius 2 is 2.26 bits per heavy atom. The van der Waals surface area contributed by atoms with Crippen LogP contribution in [0.2, 0.25) is 5.02 Å². The number of benzene rings is 1. The van der Waals surface area contributed by atoms with Crippen molar-refractivity contribution >= 4 is 23.3 Å². The lowest BCUT2D eigenvalue weighted by Gasteiger charge is -2.20. The van der Waals surface area contributed by atoms with E-state index in [1.165, 1.54) is 0 Å². The predicted molar refractivity (Wildman–Crippen MR) is 76.4 cm³/mol. The number of hydrogen-bond donors (Lipinski definition) is 1. The Morgan fingerprint density at radius 3 is 2.84 bits per heavy atom. The van der Waals surface area contributed by atoms with Crippen LogP contribution < -0.4 is 5.73 Å². The number of halogens is 1.